The molecule has 2 aromatic carbocycles. The number of carbonyl (C=O) groups is 1. The van der Waals surface area contributed by atoms with E-state index in [2.05, 4.69) is 31.0 Å². The van der Waals surface area contributed by atoms with Crippen molar-refractivity contribution in [2.45, 2.75) is 39.7 Å². The second-order valence-electron chi connectivity index (χ2n) is 8.58. The van der Waals surface area contributed by atoms with Crippen LogP contribution in [-0.4, -0.2) is 27.5 Å². The van der Waals surface area contributed by atoms with Crippen molar-refractivity contribution in [1.82, 2.24) is 15.1 Å². The maximum atomic E-state index is 12.2. The van der Waals surface area contributed by atoms with Crippen molar-refractivity contribution in [1.29, 1.82) is 0 Å². The van der Waals surface area contributed by atoms with E-state index in [-0.39, 0.29) is 5.91 Å². The van der Waals surface area contributed by atoms with Gasteiger partial charge in [-0.25, -0.2) is 0 Å². The molecule has 2 N–H and O–H groups in total. The summed E-state index contributed by atoms with van der Waals surface area (Å²) in [6.07, 6.45) is 0.605. The van der Waals surface area contributed by atoms with Gasteiger partial charge in [-0.3, -0.25) is 4.79 Å². The van der Waals surface area contributed by atoms with E-state index in [0.29, 0.717) is 42.0 Å². The number of hydrogen-bond donors (Lipinski definition) is 1. The molecule has 1 unspecified atom stereocenters. The molecule has 1 aromatic heterocycles. The summed E-state index contributed by atoms with van der Waals surface area (Å²) in [5.41, 5.74) is 10.3. The number of benzene rings is 2. The number of nitrogens with two attached hydrogens (primary N) is 1. The predicted octanol–water partition coefficient (Wildman–Crippen LogP) is 5.01. The molecule has 160 valence electrons. The monoisotopic (exact) mass is 416 g/mol. The molecular weight excluding hydrogens is 388 g/mol. The average molecular weight is 417 g/mol. The highest BCUT2D eigenvalue weighted by Gasteiger charge is 2.27. The maximum Gasteiger partial charge on any atom is 0.223 e. The van der Waals surface area contributed by atoms with Crippen LogP contribution in [0, 0.1) is 5.92 Å². The highest BCUT2D eigenvalue weighted by atomic mass is 16.5. The Morgan fingerprint density at radius 1 is 1.10 bits per heavy atom. The lowest BCUT2D eigenvalue weighted by molar-refractivity contribution is -0.128. The molecule has 0 spiro atoms. The van der Waals surface area contributed by atoms with Crippen LogP contribution in [0.3, 0.4) is 0 Å². The van der Waals surface area contributed by atoms with Gasteiger partial charge in [-0.1, -0.05) is 26.8 Å². The molecule has 1 atom stereocenters. The fourth-order valence-electron chi connectivity index (χ4n) is 3.75. The second-order valence-corrected chi connectivity index (χ2v) is 8.58. The van der Waals surface area contributed by atoms with Crippen LogP contribution in [0.25, 0.3) is 11.3 Å². The first-order valence-corrected chi connectivity index (χ1v) is 10.7. The minimum Gasteiger partial charge on any atom is -0.457 e. The van der Waals surface area contributed by atoms with Crippen LogP contribution in [0.1, 0.15) is 44.4 Å². The third-order valence-electron chi connectivity index (χ3n) is 5.51. The number of rotatable bonds is 6. The van der Waals surface area contributed by atoms with Crippen LogP contribution < -0.4 is 10.5 Å². The van der Waals surface area contributed by atoms with E-state index >= 15 is 0 Å². The zero-order valence-corrected chi connectivity index (χ0v) is 18.2. The average Bonchev–Trinajstić information content (AvgIpc) is 3.07. The zero-order valence-electron chi connectivity index (χ0n) is 18.2. The highest BCUT2D eigenvalue weighted by Crippen LogP contribution is 2.31. The third kappa shape index (κ3) is 4.85. The molecule has 1 fully saturated rings. The number of amides is 1. The summed E-state index contributed by atoms with van der Waals surface area (Å²) in [5, 5.41) is 8.63. The quantitative estimate of drug-likeness (QED) is 0.571. The highest BCUT2D eigenvalue weighted by molar-refractivity contribution is 5.78. The molecule has 31 heavy (non-hydrogen) atoms. The van der Waals surface area contributed by atoms with Gasteiger partial charge < -0.3 is 15.4 Å². The van der Waals surface area contributed by atoms with Gasteiger partial charge in [0.25, 0.3) is 0 Å². The lowest BCUT2D eigenvalue weighted by atomic mass is 10.1. The van der Waals surface area contributed by atoms with E-state index in [4.69, 9.17) is 10.5 Å². The first kappa shape index (κ1) is 20.8. The van der Waals surface area contributed by atoms with Crippen LogP contribution in [0.15, 0.2) is 54.6 Å². The Bertz CT molecular complexity index is 1060. The smallest absolute Gasteiger partial charge is 0.223 e. The van der Waals surface area contributed by atoms with Gasteiger partial charge in [0.1, 0.15) is 11.5 Å². The molecule has 1 aliphatic heterocycles. The topological polar surface area (TPSA) is 81.3 Å². The number of nitrogen functional groups attached to an aromatic ring is 1. The molecule has 1 aliphatic rings. The zero-order chi connectivity index (χ0) is 22.0. The molecule has 1 amide bonds. The molecule has 1 saturated heterocycles. The molecule has 0 radical (unpaired) electrons. The number of hydrogen-bond acceptors (Lipinski definition) is 5. The summed E-state index contributed by atoms with van der Waals surface area (Å²) >= 11 is 0. The molecule has 4 rings (SSSR count). The molecular formula is C25H28N4O2. The van der Waals surface area contributed by atoms with Crippen molar-refractivity contribution in [3.05, 3.63) is 65.9 Å². The first-order valence-electron chi connectivity index (χ1n) is 10.7. The number of ether oxygens (including phenoxy) is 1. The normalized spacial score (nSPS) is 16.2. The largest absolute Gasteiger partial charge is 0.457 e. The van der Waals surface area contributed by atoms with Gasteiger partial charge in [0.15, 0.2) is 0 Å². The Labute approximate surface area is 183 Å². The summed E-state index contributed by atoms with van der Waals surface area (Å²) in [5.74, 6) is 2.29. The molecule has 0 saturated carbocycles. The van der Waals surface area contributed by atoms with Crippen molar-refractivity contribution in [3.63, 3.8) is 0 Å². The third-order valence-corrected chi connectivity index (χ3v) is 5.51. The van der Waals surface area contributed by atoms with E-state index in [1.54, 1.807) is 0 Å². The van der Waals surface area contributed by atoms with E-state index < -0.39 is 0 Å². The number of likely N-dealkylation sites (tertiary alicyclic amines) is 1. The summed E-state index contributed by atoms with van der Waals surface area (Å²) in [4.78, 5) is 14.1. The van der Waals surface area contributed by atoms with Crippen molar-refractivity contribution >= 4 is 11.6 Å². The second kappa shape index (κ2) is 8.76. The molecule has 6 nitrogen and oxygen atoms in total. The van der Waals surface area contributed by atoms with Gasteiger partial charge in [-0.05, 0) is 54.3 Å². The van der Waals surface area contributed by atoms with E-state index in [1.165, 1.54) is 0 Å². The van der Waals surface area contributed by atoms with Gasteiger partial charge >= 0.3 is 0 Å². The van der Waals surface area contributed by atoms with Crippen LogP contribution in [0.4, 0.5) is 5.69 Å². The van der Waals surface area contributed by atoms with E-state index in [9.17, 15) is 4.79 Å². The van der Waals surface area contributed by atoms with Crippen molar-refractivity contribution in [3.8, 4) is 22.8 Å². The van der Waals surface area contributed by atoms with E-state index in [1.807, 2.05) is 59.5 Å². The first-order chi connectivity index (χ1) is 14.9. The van der Waals surface area contributed by atoms with Gasteiger partial charge in [-0.15, -0.1) is 0 Å². The summed E-state index contributed by atoms with van der Waals surface area (Å²) in [6, 6.07) is 17.3. The maximum absolute atomic E-state index is 12.2. The van der Waals surface area contributed by atoms with Crippen LogP contribution in [0.2, 0.25) is 0 Å². The van der Waals surface area contributed by atoms with Crippen molar-refractivity contribution < 1.29 is 9.53 Å². The summed E-state index contributed by atoms with van der Waals surface area (Å²) in [7, 11) is 0. The lowest BCUT2D eigenvalue weighted by Gasteiger charge is -2.19. The van der Waals surface area contributed by atoms with Gasteiger partial charge in [-0.2, -0.15) is 10.2 Å². The molecule has 3 aromatic rings. The lowest BCUT2D eigenvalue weighted by Crippen LogP contribution is -2.24. The van der Waals surface area contributed by atoms with Crippen molar-refractivity contribution in [2.75, 3.05) is 12.3 Å². The van der Waals surface area contributed by atoms with Gasteiger partial charge in [0.2, 0.25) is 5.91 Å². The molecule has 6 heteroatoms. The Morgan fingerprint density at radius 2 is 1.87 bits per heavy atom. The minimum absolute atomic E-state index is 0.184. The fourth-order valence-corrected chi connectivity index (χ4v) is 3.75. The predicted molar refractivity (Wildman–Crippen MR) is 122 cm³/mol. The number of aromatic nitrogens is 2. The van der Waals surface area contributed by atoms with Crippen molar-refractivity contribution in [2.24, 2.45) is 5.92 Å². The van der Waals surface area contributed by atoms with Crippen LogP contribution in [-0.2, 0) is 11.3 Å². The molecule has 0 aliphatic carbocycles. The Morgan fingerprint density at radius 3 is 2.48 bits per heavy atom. The number of carbonyl (C=O) groups excluding carboxylic acids is 1. The van der Waals surface area contributed by atoms with Crippen LogP contribution in [0.5, 0.6) is 11.5 Å². The summed E-state index contributed by atoms with van der Waals surface area (Å²) < 4.78 is 6.15. The van der Waals surface area contributed by atoms with Gasteiger partial charge in [0, 0.05) is 42.4 Å². The SMILES string of the molecule is CC1CC(=O)N(Cc2ccc(N)cc2Oc2ccc(-c3ccc(C(C)C)nn3)cc2)C1. The number of nitrogens with zero attached hydrogens (tertiary/aromatic N) is 3. The Balaban J connectivity index is 1.51. The summed E-state index contributed by atoms with van der Waals surface area (Å²) in [6.45, 7) is 7.59. The Hall–Kier alpha value is -3.41. The van der Waals surface area contributed by atoms with Gasteiger partial charge in [0.05, 0.1) is 11.4 Å². The Kier molecular flexibility index (Phi) is 5.89. The molecule has 2 heterocycles. The van der Waals surface area contributed by atoms with Crippen LogP contribution >= 0.6 is 0 Å². The minimum atomic E-state index is 0.184. The fraction of sp³-hybridized carbons (Fsp3) is 0.320. The number of anilines is 1. The molecule has 0 bridgehead atoms. The standard InChI is InChI=1S/C25H28N4O2/c1-16(2)22-10-11-23(28-27-22)18-5-8-21(9-6-18)31-24-13-20(26)7-4-19(24)15-29-14-17(3)12-25(29)30/h4-11,13,16-17H,12,14-15,26H2,1-3H3. The van der Waals surface area contributed by atoms with E-state index in [0.717, 1.165) is 29.1 Å².